The quantitative estimate of drug-likeness (QED) is 0.270. The number of hydrogen-bond acceptors (Lipinski definition) is 4. The van der Waals surface area contributed by atoms with Crippen molar-refractivity contribution >= 4 is 23.6 Å². The average Bonchev–Trinajstić information content (AvgIpc) is 3.13. The van der Waals surface area contributed by atoms with Gasteiger partial charge in [0.1, 0.15) is 0 Å². The molecule has 1 aliphatic rings. The lowest BCUT2D eigenvalue weighted by atomic mass is 9.95. The van der Waals surface area contributed by atoms with Gasteiger partial charge >= 0.3 is 5.97 Å². The second-order valence-electron chi connectivity index (χ2n) is 8.74. The van der Waals surface area contributed by atoms with Crippen molar-refractivity contribution in [1.29, 1.82) is 0 Å². The fourth-order valence-corrected chi connectivity index (χ4v) is 4.93. The minimum Gasteiger partial charge on any atom is -0.481 e. The highest BCUT2D eigenvalue weighted by atomic mass is 32.2. The van der Waals surface area contributed by atoms with Gasteiger partial charge in [-0.05, 0) is 49.3 Å². The van der Waals surface area contributed by atoms with Crippen LogP contribution >= 0.6 is 11.8 Å². The van der Waals surface area contributed by atoms with E-state index in [4.69, 9.17) is 5.11 Å². The SMILES string of the molecule is C[C@@H](CCCCCc1ccccc1)[C@@H](O)C=C[C@H]1CCC(=O)N1CCSCCCC(=O)O. The van der Waals surface area contributed by atoms with E-state index in [1.165, 1.54) is 18.4 Å². The molecule has 1 aromatic carbocycles. The molecule has 178 valence electrons. The van der Waals surface area contributed by atoms with E-state index in [0.29, 0.717) is 19.4 Å². The molecule has 0 spiro atoms. The van der Waals surface area contributed by atoms with Crippen LogP contribution in [0, 0.1) is 5.92 Å². The molecule has 2 N–H and O–H groups in total. The zero-order valence-corrected chi connectivity index (χ0v) is 20.1. The largest absolute Gasteiger partial charge is 0.481 e. The Hall–Kier alpha value is -1.79. The Morgan fingerprint density at radius 3 is 2.72 bits per heavy atom. The minimum absolute atomic E-state index is 0.0647. The monoisotopic (exact) mass is 461 g/mol. The highest BCUT2D eigenvalue weighted by Gasteiger charge is 2.28. The summed E-state index contributed by atoms with van der Waals surface area (Å²) in [6.07, 6.45) is 11.2. The first-order chi connectivity index (χ1) is 15.5. The van der Waals surface area contributed by atoms with Gasteiger partial charge in [0.25, 0.3) is 0 Å². The van der Waals surface area contributed by atoms with Crippen molar-refractivity contribution in [3.63, 3.8) is 0 Å². The third kappa shape index (κ3) is 10.2. The van der Waals surface area contributed by atoms with Crippen LogP contribution in [-0.4, -0.2) is 57.2 Å². The Bertz CT molecular complexity index is 709. The van der Waals surface area contributed by atoms with Crippen molar-refractivity contribution in [3.05, 3.63) is 48.0 Å². The number of aliphatic hydroxyl groups excluding tert-OH is 1. The topological polar surface area (TPSA) is 77.8 Å². The van der Waals surface area contributed by atoms with E-state index in [1.54, 1.807) is 11.8 Å². The highest BCUT2D eigenvalue weighted by Crippen LogP contribution is 2.22. The summed E-state index contributed by atoms with van der Waals surface area (Å²) >= 11 is 1.70. The zero-order valence-electron chi connectivity index (χ0n) is 19.3. The summed E-state index contributed by atoms with van der Waals surface area (Å²) in [6.45, 7) is 2.77. The van der Waals surface area contributed by atoms with Crippen LogP contribution in [0.4, 0.5) is 0 Å². The lowest BCUT2D eigenvalue weighted by molar-refractivity contribution is -0.137. The number of aryl methyl sites for hydroxylation is 1. The molecule has 1 aromatic rings. The van der Waals surface area contributed by atoms with Gasteiger partial charge in [-0.25, -0.2) is 0 Å². The average molecular weight is 462 g/mol. The van der Waals surface area contributed by atoms with Crippen molar-refractivity contribution < 1.29 is 19.8 Å². The van der Waals surface area contributed by atoms with Crippen LogP contribution in [0.1, 0.15) is 63.9 Å². The molecule has 0 radical (unpaired) electrons. The summed E-state index contributed by atoms with van der Waals surface area (Å²) in [5.41, 5.74) is 1.39. The van der Waals surface area contributed by atoms with Crippen LogP contribution in [0.3, 0.4) is 0 Å². The van der Waals surface area contributed by atoms with Gasteiger partial charge in [0.05, 0.1) is 12.1 Å². The molecule has 2 rings (SSSR count). The standard InChI is InChI=1S/C26H39NO4S/c1-21(9-4-2-5-10-22-11-6-3-7-12-22)24(28)16-14-23-15-17-25(29)27(23)18-20-32-19-8-13-26(30)31/h3,6-7,11-12,14,16,21,23-24,28H,2,4-5,8-10,13,15,17-20H2,1H3,(H,30,31)/t21-,23-,24-/m0/s1. The van der Waals surface area contributed by atoms with Gasteiger partial charge in [0.2, 0.25) is 5.91 Å². The number of unbranched alkanes of at least 4 members (excludes halogenated alkanes) is 2. The molecule has 32 heavy (non-hydrogen) atoms. The molecule has 0 aliphatic carbocycles. The van der Waals surface area contributed by atoms with Crippen LogP contribution in [-0.2, 0) is 16.0 Å². The van der Waals surface area contributed by atoms with E-state index < -0.39 is 12.1 Å². The number of carbonyl (C=O) groups is 2. The van der Waals surface area contributed by atoms with E-state index >= 15 is 0 Å². The fraction of sp³-hybridized carbons (Fsp3) is 0.615. The first kappa shape index (κ1) is 26.5. The zero-order chi connectivity index (χ0) is 23.2. The number of thioether (sulfide) groups is 1. The summed E-state index contributed by atoms with van der Waals surface area (Å²) in [4.78, 5) is 24.7. The van der Waals surface area contributed by atoms with Gasteiger partial charge in [0, 0.05) is 25.1 Å². The molecule has 0 unspecified atom stereocenters. The molecule has 1 aliphatic heterocycles. The molecular weight excluding hydrogens is 422 g/mol. The third-order valence-electron chi connectivity index (χ3n) is 6.11. The number of carboxylic acid groups (broad SMARTS) is 1. The van der Waals surface area contributed by atoms with Crippen molar-refractivity contribution in [3.8, 4) is 0 Å². The number of rotatable bonds is 16. The summed E-state index contributed by atoms with van der Waals surface area (Å²) in [5, 5.41) is 19.2. The first-order valence-electron chi connectivity index (χ1n) is 12.0. The smallest absolute Gasteiger partial charge is 0.303 e. The van der Waals surface area contributed by atoms with E-state index in [9.17, 15) is 14.7 Å². The van der Waals surface area contributed by atoms with Gasteiger partial charge in [-0.1, -0.05) is 62.2 Å². The van der Waals surface area contributed by atoms with Crippen LogP contribution in [0.5, 0.6) is 0 Å². The molecule has 0 saturated carbocycles. The highest BCUT2D eigenvalue weighted by molar-refractivity contribution is 7.99. The van der Waals surface area contributed by atoms with Crippen molar-refractivity contribution in [2.24, 2.45) is 5.92 Å². The van der Waals surface area contributed by atoms with Gasteiger partial charge in [0.15, 0.2) is 0 Å². The van der Waals surface area contributed by atoms with E-state index in [-0.39, 0.29) is 24.3 Å². The Balaban J connectivity index is 1.63. The first-order valence-corrected chi connectivity index (χ1v) is 13.1. The van der Waals surface area contributed by atoms with E-state index in [0.717, 1.165) is 37.2 Å². The predicted octanol–water partition coefficient (Wildman–Crippen LogP) is 4.93. The van der Waals surface area contributed by atoms with Crippen molar-refractivity contribution in [1.82, 2.24) is 4.90 Å². The number of hydrogen-bond donors (Lipinski definition) is 2. The second kappa shape index (κ2) is 15.1. The minimum atomic E-state index is -0.759. The van der Waals surface area contributed by atoms with Crippen molar-refractivity contribution in [2.75, 3.05) is 18.1 Å². The van der Waals surface area contributed by atoms with Crippen LogP contribution < -0.4 is 0 Å². The second-order valence-corrected chi connectivity index (χ2v) is 9.97. The van der Waals surface area contributed by atoms with Gasteiger partial charge < -0.3 is 15.1 Å². The molecular formula is C26H39NO4S. The summed E-state index contributed by atoms with van der Waals surface area (Å²) < 4.78 is 0. The molecule has 5 nitrogen and oxygen atoms in total. The number of aliphatic carboxylic acids is 1. The predicted molar refractivity (Wildman–Crippen MR) is 132 cm³/mol. The molecule has 1 fully saturated rings. The Labute approximate surface area is 197 Å². The summed E-state index contributed by atoms with van der Waals surface area (Å²) in [7, 11) is 0. The Morgan fingerprint density at radius 1 is 1.19 bits per heavy atom. The molecule has 1 saturated heterocycles. The third-order valence-corrected chi connectivity index (χ3v) is 7.16. The molecule has 6 heteroatoms. The van der Waals surface area contributed by atoms with Crippen LogP contribution in [0.25, 0.3) is 0 Å². The summed E-state index contributed by atoms with van der Waals surface area (Å²) in [6, 6.07) is 10.6. The number of nitrogens with zero attached hydrogens (tertiary/aromatic N) is 1. The molecule has 3 atom stereocenters. The Morgan fingerprint density at radius 2 is 1.97 bits per heavy atom. The molecule has 0 bridgehead atoms. The number of carbonyl (C=O) groups excluding carboxylic acids is 1. The Kier molecular flexibility index (Phi) is 12.5. The van der Waals surface area contributed by atoms with Crippen molar-refractivity contribution in [2.45, 2.75) is 76.9 Å². The maximum atomic E-state index is 12.2. The number of amides is 1. The number of aliphatic hydroxyl groups is 1. The van der Waals surface area contributed by atoms with Gasteiger partial charge in [-0.3, -0.25) is 9.59 Å². The van der Waals surface area contributed by atoms with Crippen LogP contribution in [0.2, 0.25) is 0 Å². The van der Waals surface area contributed by atoms with E-state index in [2.05, 4.69) is 31.2 Å². The molecule has 0 aromatic heterocycles. The maximum absolute atomic E-state index is 12.2. The van der Waals surface area contributed by atoms with Crippen LogP contribution in [0.15, 0.2) is 42.5 Å². The molecule has 1 amide bonds. The maximum Gasteiger partial charge on any atom is 0.303 e. The number of likely N-dealkylation sites (tertiary alicyclic amines) is 1. The number of carboxylic acids is 1. The summed E-state index contributed by atoms with van der Waals surface area (Å²) in [5.74, 6) is 1.24. The molecule has 1 heterocycles. The lowest BCUT2D eigenvalue weighted by Crippen LogP contribution is -2.34. The fourth-order valence-electron chi connectivity index (χ4n) is 4.06. The number of benzene rings is 1. The van der Waals surface area contributed by atoms with Gasteiger partial charge in [-0.2, -0.15) is 11.8 Å². The lowest BCUT2D eigenvalue weighted by Gasteiger charge is -2.23. The van der Waals surface area contributed by atoms with E-state index in [1.807, 2.05) is 23.1 Å². The normalized spacial score (nSPS) is 18.4. The van der Waals surface area contributed by atoms with Gasteiger partial charge in [-0.15, -0.1) is 0 Å².